The molecule has 2 rings (SSSR count). The van der Waals surface area contributed by atoms with E-state index in [9.17, 15) is 13.6 Å². The van der Waals surface area contributed by atoms with Crippen LogP contribution in [0.4, 0.5) is 13.6 Å². The van der Waals surface area contributed by atoms with Gasteiger partial charge in [-0.15, -0.1) is 0 Å². The summed E-state index contributed by atoms with van der Waals surface area (Å²) in [6, 6.07) is -0.239. The van der Waals surface area contributed by atoms with Crippen LogP contribution in [0.3, 0.4) is 0 Å². The summed E-state index contributed by atoms with van der Waals surface area (Å²) in [7, 11) is 0. The number of piperidine rings is 1. The van der Waals surface area contributed by atoms with Gasteiger partial charge < -0.3 is 20.3 Å². The van der Waals surface area contributed by atoms with Crippen LogP contribution in [0.2, 0.25) is 0 Å². The van der Waals surface area contributed by atoms with Crippen molar-refractivity contribution in [2.24, 2.45) is 0 Å². The molecule has 32 heavy (non-hydrogen) atoms. The number of urea groups is 1. The zero-order valence-corrected chi connectivity index (χ0v) is 20.1. The molecular formula is C25H39F2N3O2. The molecule has 1 aliphatic carbocycles. The van der Waals surface area contributed by atoms with Crippen molar-refractivity contribution in [2.75, 3.05) is 26.2 Å². The van der Waals surface area contributed by atoms with Crippen LogP contribution in [0.1, 0.15) is 60.3 Å². The fraction of sp³-hybridized carbons (Fsp3) is 0.640. The van der Waals surface area contributed by atoms with Crippen molar-refractivity contribution in [2.45, 2.75) is 78.0 Å². The van der Waals surface area contributed by atoms with E-state index in [2.05, 4.69) is 16.7 Å². The van der Waals surface area contributed by atoms with E-state index in [0.717, 1.165) is 44.0 Å². The molecule has 0 aromatic rings. The number of halogens is 2. The van der Waals surface area contributed by atoms with E-state index in [1.165, 1.54) is 0 Å². The predicted molar refractivity (Wildman–Crippen MR) is 126 cm³/mol. The molecule has 5 nitrogen and oxygen atoms in total. The first-order valence-corrected chi connectivity index (χ1v) is 11.6. The van der Waals surface area contributed by atoms with E-state index in [-0.39, 0.29) is 31.2 Å². The van der Waals surface area contributed by atoms with Gasteiger partial charge in [0, 0.05) is 24.7 Å². The predicted octanol–water partition coefficient (Wildman–Crippen LogP) is 5.33. The molecule has 1 unspecified atom stereocenters. The van der Waals surface area contributed by atoms with Gasteiger partial charge in [0.05, 0.1) is 12.2 Å². The lowest BCUT2D eigenvalue weighted by Gasteiger charge is -2.44. The van der Waals surface area contributed by atoms with E-state index >= 15 is 0 Å². The molecule has 2 N–H and O–H groups in total. The van der Waals surface area contributed by atoms with Gasteiger partial charge in [-0.2, -0.15) is 0 Å². The van der Waals surface area contributed by atoms with Gasteiger partial charge in [-0.1, -0.05) is 25.2 Å². The Balaban J connectivity index is 2.09. The standard InChI is InChI=1S/C25H39F2N3O2/c1-6-21(26)15-23(27)19(4)17-30(25(5)11-13-28-14-12-25)24(31)29-16-20-7-9-22(10-8-20)32-18(2)3/h7-9,15,18,22,28H,6,10-14,16-17H2,1-5H3,(H,29,31)/b21-15+,23-19-. The Bertz CT molecular complexity index is 765. The van der Waals surface area contributed by atoms with Gasteiger partial charge in [0.1, 0.15) is 11.7 Å². The van der Waals surface area contributed by atoms with Gasteiger partial charge in [0.25, 0.3) is 0 Å². The van der Waals surface area contributed by atoms with E-state index < -0.39 is 17.2 Å². The van der Waals surface area contributed by atoms with Gasteiger partial charge in [-0.05, 0) is 77.6 Å². The fourth-order valence-electron chi connectivity index (χ4n) is 3.92. The maximum absolute atomic E-state index is 14.5. The molecule has 0 aromatic carbocycles. The van der Waals surface area contributed by atoms with E-state index in [1.54, 1.807) is 18.7 Å². The molecule has 1 atom stereocenters. The Kier molecular flexibility index (Phi) is 10.1. The zero-order valence-electron chi connectivity index (χ0n) is 20.1. The summed E-state index contributed by atoms with van der Waals surface area (Å²) in [4.78, 5) is 14.9. The van der Waals surface area contributed by atoms with Crippen LogP contribution in [-0.4, -0.2) is 54.9 Å². The fourth-order valence-corrected chi connectivity index (χ4v) is 3.92. The van der Waals surface area contributed by atoms with Crippen LogP contribution >= 0.6 is 0 Å². The third-order valence-corrected chi connectivity index (χ3v) is 6.03. The molecular weight excluding hydrogens is 412 g/mol. The summed E-state index contributed by atoms with van der Waals surface area (Å²) in [6.45, 7) is 11.4. The highest BCUT2D eigenvalue weighted by atomic mass is 19.1. The number of amides is 2. The Hall–Kier alpha value is -1.99. The van der Waals surface area contributed by atoms with Crippen molar-refractivity contribution < 1.29 is 18.3 Å². The molecule has 2 aliphatic rings. The molecule has 0 aromatic heterocycles. The first kappa shape index (κ1) is 26.3. The number of rotatable bonds is 9. The number of ether oxygens (including phenoxy) is 1. The molecule has 1 saturated heterocycles. The summed E-state index contributed by atoms with van der Waals surface area (Å²) in [5, 5.41) is 6.31. The first-order chi connectivity index (χ1) is 15.1. The number of hydrogen-bond acceptors (Lipinski definition) is 3. The number of nitrogens with one attached hydrogen (secondary N) is 2. The number of carbonyl (C=O) groups excluding carboxylic acids is 1. The SMILES string of the molecule is CC/C(F)=C\C(F)=C(/C)CN(C(=O)NCC1=CCC(OC(C)C)C=C1)C1(C)CCNCC1. The molecule has 0 bridgehead atoms. The molecule has 0 spiro atoms. The van der Waals surface area contributed by atoms with Crippen molar-refractivity contribution in [1.82, 2.24) is 15.5 Å². The molecule has 0 radical (unpaired) electrons. The van der Waals surface area contributed by atoms with E-state index in [1.807, 2.05) is 32.9 Å². The average Bonchev–Trinajstić information content (AvgIpc) is 2.76. The largest absolute Gasteiger partial charge is 0.371 e. The van der Waals surface area contributed by atoms with Gasteiger partial charge in [0.15, 0.2) is 0 Å². The van der Waals surface area contributed by atoms with E-state index in [0.29, 0.717) is 12.1 Å². The van der Waals surface area contributed by atoms with Crippen LogP contribution < -0.4 is 10.6 Å². The summed E-state index contributed by atoms with van der Waals surface area (Å²) in [5.74, 6) is -1.13. The molecule has 2 amide bonds. The van der Waals surface area contributed by atoms with Gasteiger partial charge in [0.2, 0.25) is 0 Å². The molecule has 1 aliphatic heterocycles. The molecule has 180 valence electrons. The number of allylic oxidation sites excluding steroid dienone is 3. The lowest BCUT2D eigenvalue weighted by molar-refractivity contribution is 0.0366. The minimum atomic E-state index is -0.617. The van der Waals surface area contributed by atoms with Crippen LogP contribution in [0.5, 0.6) is 0 Å². The number of carbonyl (C=O) groups is 1. The Morgan fingerprint density at radius 3 is 2.62 bits per heavy atom. The molecule has 1 heterocycles. The highest BCUT2D eigenvalue weighted by molar-refractivity contribution is 5.76. The summed E-state index contributed by atoms with van der Waals surface area (Å²) in [6.07, 6.45) is 9.67. The molecule has 7 heteroatoms. The van der Waals surface area contributed by atoms with Crippen molar-refractivity contribution in [3.63, 3.8) is 0 Å². The average molecular weight is 452 g/mol. The van der Waals surface area contributed by atoms with Crippen molar-refractivity contribution in [3.05, 3.63) is 47.1 Å². The smallest absolute Gasteiger partial charge is 0.318 e. The topological polar surface area (TPSA) is 53.6 Å². The van der Waals surface area contributed by atoms with E-state index in [4.69, 9.17) is 4.74 Å². The summed E-state index contributed by atoms with van der Waals surface area (Å²) < 4.78 is 33.9. The highest BCUT2D eigenvalue weighted by Crippen LogP contribution is 2.28. The van der Waals surface area contributed by atoms with Crippen LogP contribution in [-0.2, 0) is 4.74 Å². The first-order valence-electron chi connectivity index (χ1n) is 11.6. The second-order valence-corrected chi connectivity index (χ2v) is 9.16. The zero-order chi connectivity index (χ0) is 23.7. The second kappa shape index (κ2) is 12.3. The lowest BCUT2D eigenvalue weighted by Crippen LogP contribution is -2.58. The third kappa shape index (κ3) is 7.85. The third-order valence-electron chi connectivity index (χ3n) is 6.03. The monoisotopic (exact) mass is 451 g/mol. The molecule has 0 saturated carbocycles. The minimum absolute atomic E-state index is 0.0620. The summed E-state index contributed by atoms with van der Waals surface area (Å²) in [5.41, 5.74) is 0.953. The Labute approximate surface area is 191 Å². The quantitative estimate of drug-likeness (QED) is 0.466. The van der Waals surface area contributed by atoms with Crippen molar-refractivity contribution >= 4 is 6.03 Å². The van der Waals surface area contributed by atoms with Gasteiger partial charge in [-0.3, -0.25) is 0 Å². The van der Waals surface area contributed by atoms with Crippen LogP contribution in [0, 0.1) is 0 Å². The lowest BCUT2D eigenvalue weighted by atomic mass is 9.88. The number of hydrogen-bond donors (Lipinski definition) is 2. The maximum Gasteiger partial charge on any atom is 0.318 e. The maximum atomic E-state index is 14.5. The summed E-state index contributed by atoms with van der Waals surface area (Å²) >= 11 is 0. The number of nitrogens with zero attached hydrogens (tertiary/aromatic N) is 1. The van der Waals surface area contributed by atoms with Crippen LogP contribution in [0.25, 0.3) is 0 Å². The highest BCUT2D eigenvalue weighted by Gasteiger charge is 2.36. The van der Waals surface area contributed by atoms with Gasteiger partial charge >= 0.3 is 6.03 Å². The van der Waals surface area contributed by atoms with Crippen molar-refractivity contribution in [3.8, 4) is 0 Å². The normalized spacial score (nSPS) is 21.8. The van der Waals surface area contributed by atoms with Crippen LogP contribution in [0.15, 0.2) is 47.1 Å². The second-order valence-electron chi connectivity index (χ2n) is 9.16. The minimum Gasteiger partial charge on any atom is -0.371 e. The van der Waals surface area contributed by atoms with Gasteiger partial charge in [-0.25, -0.2) is 13.6 Å². The Morgan fingerprint density at radius 2 is 2.06 bits per heavy atom. The Morgan fingerprint density at radius 1 is 1.38 bits per heavy atom. The van der Waals surface area contributed by atoms with Crippen molar-refractivity contribution in [1.29, 1.82) is 0 Å². The molecule has 1 fully saturated rings.